The third-order valence-electron chi connectivity index (χ3n) is 2.91. The molecule has 2 aliphatic carbocycles. The molecule has 0 aromatic rings. The number of nitrogens with one attached hydrogen (secondary N) is 1. The number of carbonyl (C=O) groups is 1. The zero-order valence-electron chi connectivity index (χ0n) is 6.81. The number of nitrogens with two attached hydrogens (primary N) is 1. The summed E-state index contributed by atoms with van der Waals surface area (Å²) in [5.74, 6) is 0.0548. The van der Waals surface area contributed by atoms with Gasteiger partial charge < -0.3 is 11.1 Å². The Hall–Kier alpha value is -0.570. The summed E-state index contributed by atoms with van der Waals surface area (Å²) < 4.78 is 0. The summed E-state index contributed by atoms with van der Waals surface area (Å²) in [6, 6.07) is 0. The average molecular weight is 154 g/mol. The fraction of sp³-hybridized carbons (Fsp3) is 0.875. The van der Waals surface area contributed by atoms with Crippen LogP contribution in [0, 0.1) is 0 Å². The maximum atomic E-state index is 10.8. The molecule has 3 N–H and O–H groups in total. The molecule has 0 spiro atoms. The van der Waals surface area contributed by atoms with Gasteiger partial charge in [0.15, 0.2) is 0 Å². The summed E-state index contributed by atoms with van der Waals surface area (Å²) in [5.41, 5.74) is 5.98. The van der Waals surface area contributed by atoms with Gasteiger partial charge in [-0.2, -0.15) is 0 Å². The Morgan fingerprint density at radius 1 is 1.36 bits per heavy atom. The quantitative estimate of drug-likeness (QED) is 0.594. The Morgan fingerprint density at radius 2 is 1.91 bits per heavy atom. The summed E-state index contributed by atoms with van der Waals surface area (Å²) >= 11 is 0. The normalized spacial score (nSPS) is 29.3. The van der Waals surface area contributed by atoms with Crippen molar-refractivity contribution in [1.82, 2.24) is 5.32 Å². The van der Waals surface area contributed by atoms with Crippen LogP contribution in [0.5, 0.6) is 0 Å². The van der Waals surface area contributed by atoms with E-state index < -0.39 is 0 Å². The monoisotopic (exact) mass is 154 g/mol. The van der Waals surface area contributed by atoms with Crippen molar-refractivity contribution in [2.75, 3.05) is 0 Å². The molecule has 0 aromatic heterocycles. The molecule has 0 atom stereocenters. The number of amides is 1. The number of carbonyl (C=O) groups excluding carboxylic acids is 1. The lowest BCUT2D eigenvalue weighted by Crippen LogP contribution is -2.51. The Labute approximate surface area is 66.3 Å². The van der Waals surface area contributed by atoms with Crippen LogP contribution < -0.4 is 11.1 Å². The second-order valence-electron chi connectivity index (χ2n) is 3.92. The van der Waals surface area contributed by atoms with Crippen LogP contribution in [-0.2, 0) is 4.79 Å². The zero-order chi connectivity index (χ0) is 8.11. The third kappa shape index (κ3) is 0.948. The first-order valence-electron chi connectivity index (χ1n) is 4.16. The summed E-state index contributed by atoms with van der Waals surface area (Å²) in [6.45, 7) is 1.56. The highest BCUT2D eigenvalue weighted by molar-refractivity contribution is 5.75. The molecule has 0 saturated heterocycles. The van der Waals surface area contributed by atoms with E-state index in [-0.39, 0.29) is 17.0 Å². The standard InChI is InChI=1S/C8H14N2O/c1-6(11)10-8(4-5-8)7(9)2-3-7/h2-5,9H2,1H3,(H,10,11). The fourth-order valence-corrected chi connectivity index (χ4v) is 1.82. The highest BCUT2D eigenvalue weighted by atomic mass is 16.1. The van der Waals surface area contributed by atoms with E-state index in [4.69, 9.17) is 5.73 Å². The van der Waals surface area contributed by atoms with Crippen LogP contribution in [0.1, 0.15) is 32.6 Å². The van der Waals surface area contributed by atoms with Gasteiger partial charge in [-0.3, -0.25) is 4.79 Å². The van der Waals surface area contributed by atoms with Crippen LogP contribution >= 0.6 is 0 Å². The minimum atomic E-state index is -0.0430. The van der Waals surface area contributed by atoms with Crippen LogP contribution in [-0.4, -0.2) is 17.0 Å². The first-order chi connectivity index (χ1) is 5.08. The van der Waals surface area contributed by atoms with E-state index in [2.05, 4.69) is 5.32 Å². The van der Waals surface area contributed by atoms with Gasteiger partial charge in [-0.25, -0.2) is 0 Å². The van der Waals surface area contributed by atoms with Crippen LogP contribution in [0.15, 0.2) is 0 Å². The predicted octanol–water partition coefficient (Wildman–Crippen LogP) is 0.146. The Kier molecular flexibility index (Phi) is 1.15. The second-order valence-corrected chi connectivity index (χ2v) is 3.92. The van der Waals surface area contributed by atoms with Gasteiger partial charge in [-0.15, -0.1) is 0 Å². The average Bonchev–Trinajstić information content (AvgIpc) is 2.68. The minimum absolute atomic E-state index is 0.00116. The molecule has 1 amide bonds. The highest BCUT2D eigenvalue weighted by Gasteiger charge is 2.63. The molecule has 3 nitrogen and oxygen atoms in total. The van der Waals surface area contributed by atoms with Crippen molar-refractivity contribution in [3.8, 4) is 0 Å². The largest absolute Gasteiger partial charge is 0.349 e. The van der Waals surface area contributed by atoms with Crippen molar-refractivity contribution in [1.29, 1.82) is 0 Å². The van der Waals surface area contributed by atoms with Gasteiger partial charge in [0.25, 0.3) is 0 Å². The molecule has 0 heterocycles. The van der Waals surface area contributed by atoms with E-state index in [1.54, 1.807) is 6.92 Å². The molecule has 2 saturated carbocycles. The zero-order valence-corrected chi connectivity index (χ0v) is 6.81. The van der Waals surface area contributed by atoms with Gasteiger partial charge in [0.05, 0.1) is 5.54 Å². The number of hydrogen-bond donors (Lipinski definition) is 2. The Balaban J connectivity index is 2.05. The molecule has 2 aliphatic rings. The smallest absolute Gasteiger partial charge is 0.217 e. The summed E-state index contributed by atoms with van der Waals surface area (Å²) in [4.78, 5) is 10.8. The molecule has 0 bridgehead atoms. The molecule has 62 valence electrons. The second kappa shape index (κ2) is 1.78. The number of hydrogen-bond acceptors (Lipinski definition) is 2. The third-order valence-corrected chi connectivity index (χ3v) is 2.91. The summed E-state index contributed by atoms with van der Waals surface area (Å²) in [7, 11) is 0. The lowest BCUT2D eigenvalue weighted by Gasteiger charge is -2.23. The SMILES string of the molecule is CC(=O)NC1(C2(N)CC2)CC1. The van der Waals surface area contributed by atoms with Crippen molar-refractivity contribution >= 4 is 5.91 Å². The molecule has 0 radical (unpaired) electrons. The Morgan fingerprint density at radius 3 is 2.18 bits per heavy atom. The van der Waals surface area contributed by atoms with Gasteiger partial charge in [0.1, 0.15) is 0 Å². The lowest BCUT2D eigenvalue weighted by atomic mass is 10.1. The van der Waals surface area contributed by atoms with Gasteiger partial charge >= 0.3 is 0 Å². The van der Waals surface area contributed by atoms with Gasteiger partial charge in [-0.05, 0) is 25.7 Å². The summed E-state index contributed by atoms with van der Waals surface area (Å²) in [6.07, 6.45) is 4.30. The van der Waals surface area contributed by atoms with Gasteiger partial charge in [-0.1, -0.05) is 0 Å². The first kappa shape index (κ1) is 7.10. The van der Waals surface area contributed by atoms with Crippen LogP contribution in [0.25, 0.3) is 0 Å². The van der Waals surface area contributed by atoms with Crippen molar-refractivity contribution in [3.05, 3.63) is 0 Å². The van der Waals surface area contributed by atoms with Crippen LogP contribution in [0.3, 0.4) is 0 Å². The lowest BCUT2D eigenvalue weighted by molar-refractivity contribution is -0.120. The summed E-state index contributed by atoms with van der Waals surface area (Å²) in [5, 5.41) is 2.97. The van der Waals surface area contributed by atoms with Crippen molar-refractivity contribution < 1.29 is 4.79 Å². The molecule has 3 heteroatoms. The molecule has 0 aromatic carbocycles. The Bertz CT molecular complexity index is 204. The van der Waals surface area contributed by atoms with E-state index >= 15 is 0 Å². The molecule has 11 heavy (non-hydrogen) atoms. The molecule has 2 fully saturated rings. The van der Waals surface area contributed by atoms with E-state index in [1.807, 2.05) is 0 Å². The molecular formula is C8H14N2O. The minimum Gasteiger partial charge on any atom is -0.349 e. The molecule has 0 unspecified atom stereocenters. The van der Waals surface area contributed by atoms with Gasteiger partial charge in [0.2, 0.25) is 5.91 Å². The maximum absolute atomic E-state index is 10.8. The number of rotatable bonds is 2. The predicted molar refractivity (Wildman–Crippen MR) is 41.9 cm³/mol. The van der Waals surface area contributed by atoms with E-state index in [9.17, 15) is 4.79 Å². The first-order valence-corrected chi connectivity index (χ1v) is 4.16. The van der Waals surface area contributed by atoms with Gasteiger partial charge in [0, 0.05) is 12.5 Å². The van der Waals surface area contributed by atoms with Crippen LogP contribution in [0.4, 0.5) is 0 Å². The molecule has 2 rings (SSSR count). The maximum Gasteiger partial charge on any atom is 0.217 e. The van der Waals surface area contributed by atoms with E-state index in [0.717, 1.165) is 25.7 Å². The van der Waals surface area contributed by atoms with Crippen molar-refractivity contribution in [3.63, 3.8) is 0 Å². The van der Waals surface area contributed by atoms with E-state index in [0.29, 0.717) is 0 Å². The van der Waals surface area contributed by atoms with E-state index in [1.165, 1.54) is 0 Å². The van der Waals surface area contributed by atoms with Crippen molar-refractivity contribution in [2.24, 2.45) is 5.73 Å². The highest BCUT2D eigenvalue weighted by Crippen LogP contribution is 2.55. The topological polar surface area (TPSA) is 55.1 Å². The molecular weight excluding hydrogens is 140 g/mol. The molecule has 0 aliphatic heterocycles. The van der Waals surface area contributed by atoms with Crippen LogP contribution in [0.2, 0.25) is 0 Å². The van der Waals surface area contributed by atoms with Crippen molar-refractivity contribution in [2.45, 2.75) is 43.7 Å². The fourth-order valence-electron chi connectivity index (χ4n) is 1.82.